The van der Waals surface area contributed by atoms with E-state index in [2.05, 4.69) is 17.2 Å². The molecule has 1 aromatic rings. The van der Waals surface area contributed by atoms with Crippen LogP contribution in [-0.4, -0.2) is 33.3 Å². The van der Waals surface area contributed by atoms with Gasteiger partial charge in [0.2, 0.25) is 0 Å². The number of aromatic nitrogens is 3. The normalized spacial score (nSPS) is 19.7. The number of carbonyl (C=O) groups excluding carboxylic acids is 1. The van der Waals surface area contributed by atoms with Gasteiger partial charge in [-0.1, -0.05) is 5.21 Å². The predicted molar refractivity (Wildman–Crippen MR) is 56.9 cm³/mol. The van der Waals surface area contributed by atoms with Gasteiger partial charge in [0.15, 0.2) is 5.69 Å². The van der Waals surface area contributed by atoms with Gasteiger partial charge in [0.05, 0.1) is 18.8 Å². The quantitative estimate of drug-likeness (QED) is 0.712. The van der Waals surface area contributed by atoms with Crippen molar-refractivity contribution in [3.05, 3.63) is 11.4 Å². The Hall–Kier alpha value is -1.04. The summed E-state index contributed by atoms with van der Waals surface area (Å²) in [6.45, 7) is 5.02. The van der Waals surface area contributed by atoms with Crippen LogP contribution in [0.25, 0.3) is 0 Å². The molecule has 0 aliphatic carbocycles. The lowest BCUT2D eigenvalue weighted by Crippen LogP contribution is -2.17. The third-order valence-corrected chi connectivity index (χ3v) is 3.44. The Bertz CT molecular complexity index is 377. The zero-order valence-corrected chi connectivity index (χ0v) is 9.58. The van der Waals surface area contributed by atoms with E-state index in [1.807, 2.05) is 0 Å². The van der Waals surface area contributed by atoms with Crippen LogP contribution in [0.5, 0.6) is 0 Å². The summed E-state index contributed by atoms with van der Waals surface area (Å²) < 4.78 is 6.74. The van der Waals surface area contributed by atoms with Gasteiger partial charge in [-0.2, -0.15) is 11.8 Å². The number of hydrogen-bond donors (Lipinski definition) is 0. The molecule has 5 nitrogen and oxygen atoms in total. The number of ether oxygens (including phenoxy) is 1. The number of aryl methyl sites for hydroxylation is 1. The lowest BCUT2D eigenvalue weighted by atomic mass is 10.2. The van der Waals surface area contributed by atoms with Crippen molar-refractivity contribution in [1.82, 2.24) is 15.0 Å². The molecule has 0 amide bonds. The highest BCUT2D eigenvalue weighted by Gasteiger charge is 2.27. The van der Waals surface area contributed by atoms with Gasteiger partial charge in [0, 0.05) is 11.0 Å². The largest absolute Gasteiger partial charge is 0.461 e. The van der Waals surface area contributed by atoms with E-state index in [-0.39, 0.29) is 11.2 Å². The van der Waals surface area contributed by atoms with Crippen LogP contribution in [-0.2, 0) is 11.3 Å². The molecule has 1 atom stereocenters. The fourth-order valence-electron chi connectivity index (χ4n) is 1.63. The molecule has 82 valence electrons. The monoisotopic (exact) mass is 227 g/mol. The van der Waals surface area contributed by atoms with Gasteiger partial charge in [-0.3, -0.25) is 0 Å². The van der Waals surface area contributed by atoms with Crippen LogP contribution < -0.4 is 0 Å². The summed E-state index contributed by atoms with van der Waals surface area (Å²) in [6.07, 6.45) is 0. The van der Waals surface area contributed by atoms with E-state index < -0.39 is 0 Å². The highest BCUT2D eigenvalue weighted by molar-refractivity contribution is 7.99. The summed E-state index contributed by atoms with van der Waals surface area (Å²) in [5.41, 5.74) is 1.27. The second-order valence-corrected chi connectivity index (χ2v) is 4.73. The molecule has 0 aromatic carbocycles. The van der Waals surface area contributed by atoms with Gasteiger partial charge in [-0.15, -0.1) is 5.10 Å². The second-order valence-electron chi connectivity index (χ2n) is 3.28. The Morgan fingerprint density at radius 3 is 3.27 bits per heavy atom. The number of fused-ring (bicyclic) bond motifs is 1. The van der Waals surface area contributed by atoms with E-state index in [1.165, 1.54) is 0 Å². The van der Waals surface area contributed by atoms with Crippen LogP contribution in [0.3, 0.4) is 0 Å². The van der Waals surface area contributed by atoms with Gasteiger partial charge in [-0.05, 0) is 13.8 Å². The molecule has 1 aromatic heterocycles. The summed E-state index contributed by atoms with van der Waals surface area (Å²) in [5, 5.41) is 8.11. The molecule has 0 N–H and O–H groups in total. The molecular formula is C9H13N3O2S. The Labute approximate surface area is 92.2 Å². The first-order valence-corrected chi connectivity index (χ1v) is 6.01. The minimum Gasteiger partial charge on any atom is -0.461 e. The molecule has 0 bridgehead atoms. The molecule has 0 spiro atoms. The van der Waals surface area contributed by atoms with E-state index in [9.17, 15) is 4.79 Å². The zero-order chi connectivity index (χ0) is 10.8. The maximum absolute atomic E-state index is 11.6. The molecule has 2 rings (SSSR count). The predicted octanol–water partition coefficient (Wildman–Crippen LogP) is 1.26. The van der Waals surface area contributed by atoms with Gasteiger partial charge >= 0.3 is 5.97 Å². The summed E-state index contributed by atoms with van der Waals surface area (Å²) in [6, 6.07) is 0. The second kappa shape index (κ2) is 4.22. The van der Waals surface area contributed by atoms with Crippen LogP contribution in [0.1, 0.15) is 35.3 Å². The lowest BCUT2D eigenvalue weighted by molar-refractivity contribution is 0.0518. The average Bonchev–Trinajstić information content (AvgIpc) is 2.63. The molecule has 6 heteroatoms. The molecular weight excluding hydrogens is 214 g/mol. The summed E-state index contributed by atoms with van der Waals surface area (Å²) in [5.74, 6) is 0.646. The van der Waals surface area contributed by atoms with Crippen molar-refractivity contribution in [1.29, 1.82) is 0 Å². The zero-order valence-electron chi connectivity index (χ0n) is 8.77. The van der Waals surface area contributed by atoms with Crippen LogP contribution in [0.4, 0.5) is 0 Å². The number of hydrogen-bond acceptors (Lipinski definition) is 5. The summed E-state index contributed by atoms with van der Waals surface area (Å²) in [7, 11) is 0. The Kier molecular flexibility index (Phi) is 2.95. The first-order valence-electron chi connectivity index (χ1n) is 4.96. The Balaban J connectivity index is 2.33. The first kappa shape index (κ1) is 10.5. The maximum atomic E-state index is 11.6. The van der Waals surface area contributed by atoms with Crippen molar-refractivity contribution in [3.8, 4) is 0 Å². The lowest BCUT2D eigenvalue weighted by Gasteiger charge is -2.19. The first-order chi connectivity index (χ1) is 7.24. The summed E-state index contributed by atoms with van der Waals surface area (Å²) >= 11 is 1.81. The Morgan fingerprint density at radius 2 is 2.53 bits per heavy atom. The fourth-order valence-corrected chi connectivity index (χ4v) is 2.65. The Morgan fingerprint density at radius 1 is 1.73 bits per heavy atom. The van der Waals surface area contributed by atoms with Crippen LogP contribution in [0, 0.1) is 0 Å². The number of nitrogens with zero attached hydrogens (tertiary/aromatic N) is 3. The molecule has 2 heterocycles. The van der Waals surface area contributed by atoms with E-state index in [1.54, 1.807) is 23.4 Å². The third kappa shape index (κ3) is 1.86. The summed E-state index contributed by atoms with van der Waals surface area (Å²) in [4.78, 5) is 11.6. The molecule has 0 fully saturated rings. The van der Waals surface area contributed by atoms with Crippen molar-refractivity contribution < 1.29 is 9.53 Å². The van der Waals surface area contributed by atoms with E-state index in [4.69, 9.17) is 4.74 Å². The molecule has 0 radical (unpaired) electrons. The van der Waals surface area contributed by atoms with Crippen molar-refractivity contribution in [2.45, 2.75) is 25.6 Å². The highest BCUT2D eigenvalue weighted by Crippen LogP contribution is 2.33. The van der Waals surface area contributed by atoms with Crippen molar-refractivity contribution in [2.75, 3.05) is 12.4 Å². The molecule has 15 heavy (non-hydrogen) atoms. The van der Waals surface area contributed by atoms with E-state index >= 15 is 0 Å². The third-order valence-electron chi connectivity index (χ3n) is 2.30. The van der Waals surface area contributed by atoms with Crippen LogP contribution in [0.15, 0.2) is 0 Å². The smallest absolute Gasteiger partial charge is 0.360 e. The van der Waals surface area contributed by atoms with Crippen molar-refractivity contribution in [2.24, 2.45) is 0 Å². The minimum atomic E-state index is -0.367. The maximum Gasteiger partial charge on any atom is 0.360 e. The van der Waals surface area contributed by atoms with E-state index in [0.29, 0.717) is 12.3 Å². The van der Waals surface area contributed by atoms with Gasteiger partial charge in [0.25, 0.3) is 0 Å². The van der Waals surface area contributed by atoms with Crippen LogP contribution in [0.2, 0.25) is 0 Å². The highest BCUT2D eigenvalue weighted by atomic mass is 32.2. The molecule has 1 aliphatic rings. The average molecular weight is 227 g/mol. The number of carbonyl (C=O) groups is 1. The molecule has 1 aliphatic heterocycles. The number of rotatable bonds is 2. The topological polar surface area (TPSA) is 57.0 Å². The number of esters is 1. The molecule has 1 unspecified atom stereocenters. The van der Waals surface area contributed by atoms with Gasteiger partial charge < -0.3 is 4.74 Å². The standard InChI is InChI=1S/C9H13N3O2S/c1-3-14-9(13)7-8-6(2)15-5-4-12(8)11-10-7/h6H,3-5H2,1-2H3. The SMILES string of the molecule is CCOC(=O)c1nnn2c1C(C)SCC2. The van der Waals surface area contributed by atoms with Gasteiger partial charge in [-0.25, -0.2) is 9.48 Å². The van der Waals surface area contributed by atoms with Crippen LogP contribution >= 0.6 is 11.8 Å². The fraction of sp³-hybridized carbons (Fsp3) is 0.667. The van der Waals surface area contributed by atoms with Crippen molar-refractivity contribution >= 4 is 17.7 Å². The molecule has 0 saturated carbocycles. The molecule has 0 saturated heterocycles. The van der Waals surface area contributed by atoms with Crippen molar-refractivity contribution in [3.63, 3.8) is 0 Å². The minimum absolute atomic E-state index is 0.258. The van der Waals surface area contributed by atoms with E-state index in [0.717, 1.165) is 18.0 Å². The number of thioether (sulfide) groups is 1. The van der Waals surface area contributed by atoms with Gasteiger partial charge in [0.1, 0.15) is 0 Å².